The molecule has 0 aromatic carbocycles. The molecule has 0 aliphatic carbocycles. The smallest absolute Gasteiger partial charge is 0.186 e. The highest BCUT2D eigenvalue weighted by atomic mass is 15.2. The van der Waals surface area contributed by atoms with Crippen molar-refractivity contribution in [3.8, 4) is 0 Å². The molecule has 0 aliphatic rings. The van der Waals surface area contributed by atoms with Crippen LogP contribution >= 0.6 is 0 Å². The minimum Gasteiger partial charge on any atom is -0.383 e. The Labute approximate surface area is 81.7 Å². The van der Waals surface area contributed by atoms with Crippen molar-refractivity contribution >= 4 is 16.9 Å². The molecular formula is C9H13N5. The molecule has 0 unspecified atom stereocenters. The summed E-state index contributed by atoms with van der Waals surface area (Å²) in [6.07, 6.45) is 0. The average molecular weight is 191 g/mol. The third-order valence-corrected chi connectivity index (χ3v) is 2.16. The van der Waals surface area contributed by atoms with Crippen molar-refractivity contribution in [1.29, 1.82) is 0 Å². The fourth-order valence-corrected chi connectivity index (χ4v) is 1.51. The van der Waals surface area contributed by atoms with E-state index in [1.54, 1.807) is 6.92 Å². The number of nitrogens with zero attached hydrogens (tertiary/aromatic N) is 3. The van der Waals surface area contributed by atoms with Crippen LogP contribution in [-0.2, 0) is 0 Å². The third kappa shape index (κ3) is 1.21. The quantitative estimate of drug-likeness (QED) is 0.713. The lowest BCUT2D eigenvalue weighted by Crippen LogP contribution is -1.98. The van der Waals surface area contributed by atoms with Gasteiger partial charge in [-0.05, 0) is 12.8 Å². The summed E-state index contributed by atoms with van der Waals surface area (Å²) in [6.45, 7) is 5.96. The van der Waals surface area contributed by atoms with Gasteiger partial charge in [0.2, 0.25) is 0 Å². The summed E-state index contributed by atoms with van der Waals surface area (Å²) < 4.78 is 0. The number of nitrogens with two attached hydrogens (primary N) is 1. The van der Waals surface area contributed by atoms with Gasteiger partial charge in [0.1, 0.15) is 11.6 Å². The van der Waals surface area contributed by atoms with Crippen LogP contribution in [0.15, 0.2) is 0 Å². The molecule has 0 aliphatic heterocycles. The van der Waals surface area contributed by atoms with Gasteiger partial charge >= 0.3 is 0 Å². The molecule has 5 heteroatoms. The van der Waals surface area contributed by atoms with Gasteiger partial charge in [0.15, 0.2) is 5.65 Å². The molecule has 0 bridgehead atoms. The summed E-state index contributed by atoms with van der Waals surface area (Å²) in [4.78, 5) is 8.33. The number of aromatic amines is 1. The molecule has 2 aromatic rings. The van der Waals surface area contributed by atoms with E-state index in [0.29, 0.717) is 23.2 Å². The maximum absolute atomic E-state index is 5.83. The number of H-pyrrole nitrogens is 1. The Morgan fingerprint density at radius 2 is 2.00 bits per heavy atom. The molecule has 0 saturated carbocycles. The monoisotopic (exact) mass is 191 g/mol. The van der Waals surface area contributed by atoms with Gasteiger partial charge < -0.3 is 5.73 Å². The second-order valence-corrected chi connectivity index (χ2v) is 3.65. The van der Waals surface area contributed by atoms with Crippen LogP contribution in [0.2, 0.25) is 0 Å². The summed E-state index contributed by atoms with van der Waals surface area (Å²) >= 11 is 0. The molecule has 74 valence electrons. The van der Waals surface area contributed by atoms with Crippen LogP contribution in [0.4, 0.5) is 5.82 Å². The summed E-state index contributed by atoms with van der Waals surface area (Å²) in [6, 6.07) is 0. The van der Waals surface area contributed by atoms with Gasteiger partial charge in [0.05, 0.1) is 11.1 Å². The number of fused-ring (bicyclic) bond motifs is 1. The lowest BCUT2D eigenvalue weighted by atomic mass is 10.1. The van der Waals surface area contributed by atoms with Gasteiger partial charge in [-0.25, -0.2) is 9.97 Å². The van der Waals surface area contributed by atoms with Crippen molar-refractivity contribution < 1.29 is 0 Å². The number of rotatable bonds is 1. The first kappa shape index (κ1) is 8.93. The van der Waals surface area contributed by atoms with Crippen molar-refractivity contribution in [3.05, 3.63) is 11.5 Å². The van der Waals surface area contributed by atoms with Gasteiger partial charge in [-0.3, -0.25) is 5.10 Å². The highest BCUT2D eigenvalue weighted by Gasteiger charge is 2.13. The van der Waals surface area contributed by atoms with E-state index in [-0.39, 0.29) is 0 Å². The molecule has 2 heterocycles. The molecule has 0 saturated heterocycles. The molecule has 2 rings (SSSR count). The molecule has 2 aromatic heterocycles. The molecule has 0 atom stereocenters. The van der Waals surface area contributed by atoms with E-state index >= 15 is 0 Å². The van der Waals surface area contributed by atoms with E-state index in [0.717, 1.165) is 11.1 Å². The van der Waals surface area contributed by atoms with Crippen LogP contribution in [-0.4, -0.2) is 20.2 Å². The van der Waals surface area contributed by atoms with Gasteiger partial charge in [-0.1, -0.05) is 13.8 Å². The predicted octanol–water partition coefficient (Wildman–Crippen LogP) is 1.37. The SMILES string of the molecule is Cc1nc(N)c2c(C(C)C)[nH]nc2n1. The zero-order valence-electron chi connectivity index (χ0n) is 8.50. The number of aryl methyl sites for hydroxylation is 1. The van der Waals surface area contributed by atoms with E-state index in [4.69, 9.17) is 5.73 Å². The molecule has 5 nitrogen and oxygen atoms in total. The van der Waals surface area contributed by atoms with Crippen LogP contribution in [0.1, 0.15) is 31.3 Å². The van der Waals surface area contributed by atoms with Crippen molar-refractivity contribution in [1.82, 2.24) is 20.2 Å². The fourth-order valence-electron chi connectivity index (χ4n) is 1.51. The Bertz CT molecular complexity index is 471. The van der Waals surface area contributed by atoms with Crippen molar-refractivity contribution in [2.45, 2.75) is 26.7 Å². The van der Waals surface area contributed by atoms with Crippen LogP contribution in [0, 0.1) is 6.92 Å². The highest BCUT2D eigenvalue weighted by Crippen LogP contribution is 2.25. The third-order valence-electron chi connectivity index (χ3n) is 2.16. The van der Waals surface area contributed by atoms with Crippen molar-refractivity contribution in [3.63, 3.8) is 0 Å². The maximum atomic E-state index is 5.83. The summed E-state index contributed by atoms with van der Waals surface area (Å²) in [7, 11) is 0. The van der Waals surface area contributed by atoms with E-state index in [9.17, 15) is 0 Å². The fraction of sp³-hybridized carbons (Fsp3) is 0.444. The number of aromatic nitrogens is 4. The topological polar surface area (TPSA) is 80.5 Å². The minimum absolute atomic E-state index is 0.341. The zero-order valence-corrected chi connectivity index (χ0v) is 8.50. The van der Waals surface area contributed by atoms with Crippen LogP contribution in [0.25, 0.3) is 11.0 Å². The van der Waals surface area contributed by atoms with E-state index in [1.165, 1.54) is 0 Å². The lowest BCUT2D eigenvalue weighted by molar-refractivity contribution is 0.817. The van der Waals surface area contributed by atoms with E-state index in [2.05, 4.69) is 34.0 Å². The summed E-state index contributed by atoms with van der Waals surface area (Å²) in [5.74, 6) is 1.50. The Hall–Kier alpha value is -1.65. The largest absolute Gasteiger partial charge is 0.383 e. The molecule has 0 radical (unpaired) electrons. The zero-order chi connectivity index (χ0) is 10.3. The van der Waals surface area contributed by atoms with Crippen LogP contribution in [0.5, 0.6) is 0 Å². The predicted molar refractivity (Wildman–Crippen MR) is 54.9 cm³/mol. The van der Waals surface area contributed by atoms with Gasteiger partial charge in [-0.15, -0.1) is 0 Å². The summed E-state index contributed by atoms with van der Waals surface area (Å²) in [5, 5.41) is 7.91. The van der Waals surface area contributed by atoms with Crippen molar-refractivity contribution in [2.75, 3.05) is 5.73 Å². The Kier molecular flexibility index (Phi) is 1.87. The highest BCUT2D eigenvalue weighted by molar-refractivity contribution is 5.88. The number of hydrogen-bond acceptors (Lipinski definition) is 4. The van der Waals surface area contributed by atoms with Gasteiger partial charge in [0.25, 0.3) is 0 Å². The lowest BCUT2D eigenvalue weighted by Gasteiger charge is -2.02. The summed E-state index contributed by atoms with van der Waals surface area (Å²) in [5.41, 5.74) is 7.48. The van der Waals surface area contributed by atoms with Crippen LogP contribution < -0.4 is 5.73 Å². The molecule has 14 heavy (non-hydrogen) atoms. The first-order chi connectivity index (χ1) is 6.59. The van der Waals surface area contributed by atoms with Gasteiger partial charge in [0, 0.05) is 0 Å². The van der Waals surface area contributed by atoms with Crippen LogP contribution in [0.3, 0.4) is 0 Å². The molecule has 0 fully saturated rings. The number of nitrogen functional groups attached to an aromatic ring is 1. The number of anilines is 1. The van der Waals surface area contributed by atoms with E-state index < -0.39 is 0 Å². The normalized spacial score (nSPS) is 11.4. The Morgan fingerprint density at radius 3 is 2.64 bits per heavy atom. The van der Waals surface area contributed by atoms with Crippen molar-refractivity contribution in [2.24, 2.45) is 0 Å². The average Bonchev–Trinajstić information content (AvgIpc) is 2.47. The Balaban J connectivity index is 2.79. The minimum atomic E-state index is 0.341. The molecule has 0 spiro atoms. The maximum Gasteiger partial charge on any atom is 0.186 e. The number of hydrogen-bond donors (Lipinski definition) is 2. The molecule has 3 N–H and O–H groups in total. The second kappa shape index (κ2) is 2.94. The number of nitrogens with one attached hydrogen (secondary N) is 1. The van der Waals surface area contributed by atoms with E-state index in [1.807, 2.05) is 0 Å². The second-order valence-electron chi connectivity index (χ2n) is 3.65. The van der Waals surface area contributed by atoms with Gasteiger partial charge in [-0.2, -0.15) is 5.10 Å². The Morgan fingerprint density at radius 1 is 1.29 bits per heavy atom. The first-order valence-electron chi connectivity index (χ1n) is 4.57. The standard InChI is InChI=1S/C9H13N5/c1-4(2)7-6-8(10)11-5(3)12-9(6)14-13-7/h4H,1-3H3,(H3,10,11,12,13,14). The first-order valence-corrected chi connectivity index (χ1v) is 4.57. The molecular weight excluding hydrogens is 178 g/mol. The molecule has 0 amide bonds.